The number of rotatable bonds is 2. The van der Waals surface area contributed by atoms with Gasteiger partial charge in [-0.3, -0.25) is 15.2 Å². The van der Waals surface area contributed by atoms with Gasteiger partial charge in [-0.2, -0.15) is 0 Å². The number of nitrogens with one attached hydrogen (secondary N) is 2. The number of piperazine rings is 1. The van der Waals surface area contributed by atoms with Crippen molar-refractivity contribution in [2.24, 2.45) is 4.99 Å². The second kappa shape index (κ2) is 8.39. The van der Waals surface area contributed by atoms with Crippen LogP contribution in [0.25, 0.3) is 0 Å². The van der Waals surface area contributed by atoms with Crippen molar-refractivity contribution in [2.75, 3.05) is 38.0 Å². The van der Waals surface area contributed by atoms with Crippen molar-refractivity contribution in [1.82, 2.24) is 30.0 Å². The predicted octanol–water partition coefficient (Wildman–Crippen LogP) is 1.08. The quantitative estimate of drug-likeness (QED) is 0.796. The lowest BCUT2D eigenvalue weighted by molar-refractivity contribution is 0.217. The van der Waals surface area contributed by atoms with Gasteiger partial charge in [0.25, 0.3) is 0 Å². The van der Waals surface area contributed by atoms with E-state index in [1.165, 1.54) is 6.20 Å². The van der Waals surface area contributed by atoms with Crippen LogP contribution in [0, 0.1) is 0 Å². The molecule has 2 atom stereocenters. The van der Waals surface area contributed by atoms with Gasteiger partial charge in [-0.15, -0.1) is 0 Å². The summed E-state index contributed by atoms with van der Waals surface area (Å²) in [5.41, 5.74) is 0. The van der Waals surface area contributed by atoms with Crippen LogP contribution in [-0.4, -0.2) is 81.8 Å². The fraction of sp³-hybridized carbons (Fsp3) is 0.474. The van der Waals surface area contributed by atoms with Crippen molar-refractivity contribution in [2.45, 2.75) is 25.4 Å². The van der Waals surface area contributed by atoms with Crippen molar-refractivity contribution in [1.29, 1.82) is 0 Å². The first-order chi connectivity index (χ1) is 13.7. The fourth-order valence-corrected chi connectivity index (χ4v) is 3.75. The molecule has 0 unspecified atom stereocenters. The van der Waals surface area contributed by atoms with Gasteiger partial charge in [0.05, 0.1) is 12.2 Å². The van der Waals surface area contributed by atoms with E-state index < -0.39 is 0 Å². The smallest absolute Gasteiger partial charge is 0.328 e. The molecule has 148 valence electrons. The fourth-order valence-electron chi connectivity index (χ4n) is 3.75. The van der Waals surface area contributed by atoms with Crippen LogP contribution in [0.4, 0.5) is 10.6 Å². The molecule has 9 nitrogen and oxygen atoms in total. The maximum Gasteiger partial charge on any atom is 0.328 e. The molecule has 0 saturated carbocycles. The summed E-state index contributed by atoms with van der Waals surface area (Å²) in [6.07, 6.45) is 13.4. The summed E-state index contributed by atoms with van der Waals surface area (Å²) in [6.45, 7) is 6.60. The third-order valence-electron chi connectivity index (χ3n) is 5.27. The zero-order chi connectivity index (χ0) is 19.3. The molecule has 4 heterocycles. The molecule has 1 aromatic rings. The predicted molar refractivity (Wildman–Crippen MR) is 108 cm³/mol. The number of carbonyl (C=O) groups is 1. The summed E-state index contributed by atoms with van der Waals surface area (Å²) in [4.78, 5) is 32.0. The summed E-state index contributed by atoms with van der Waals surface area (Å²) in [5.74, 6) is 1.30. The van der Waals surface area contributed by atoms with Gasteiger partial charge >= 0.3 is 6.03 Å². The number of carbonyl (C=O) groups excluding carboxylic acids is 1. The van der Waals surface area contributed by atoms with Crippen LogP contribution in [0.5, 0.6) is 0 Å². The molecule has 0 spiro atoms. The molecule has 3 aliphatic heterocycles. The number of aromatic nitrogens is 2. The molecule has 28 heavy (non-hydrogen) atoms. The molecular weight excluding hydrogens is 356 g/mol. The Morgan fingerprint density at radius 1 is 1.32 bits per heavy atom. The van der Waals surface area contributed by atoms with E-state index in [0.717, 1.165) is 45.0 Å². The van der Waals surface area contributed by atoms with Crippen molar-refractivity contribution < 1.29 is 4.79 Å². The van der Waals surface area contributed by atoms with Gasteiger partial charge in [0.1, 0.15) is 12.2 Å². The van der Waals surface area contributed by atoms with Gasteiger partial charge in [-0.25, -0.2) is 14.8 Å². The lowest BCUT2D eigenvalue weighted by Crippen LogP contribution is -2.49. The topological polar surface area (TPSA) is 89.0 Å². The molecule has 0 aromatic carbocycles. The molecule has 1 aromatic heterocycles. The minimum absolute atomic E-state index is 0.0601. The van der Waals surface area contributed by atoms with Crippen LogP contribution < -0.4 is 10.6 Å². The zero-order valence-corrected chi connectivity index (χ0v) is 16.0. The number of aliphatic imine (C=N–C) groups is 1. The molecule has 3 aliphatic rings. The van der Waals surface area contributed by atoms with Crippen LogP contribution in [-0.2, 0) is 0 Å². The average Bonchev–Trinajstić information content (AvgIpc) is 3.15. The number of hydrogen-bond acceptors (Lipinski definition) is 7. The van der Waals surface area contributed by atoms with Gasteiger partial charge in [0.2, 0.25) is 0 Å². The van der Waals surface area contributed by atoms with Crippen LogP contribution >= 0.6 is 0 Å². The Bertz CT molecular complexity index is 777. The molecule has 2 fully saturated rings. The number of urea groups is 1. The van der Waals surface area contributed by atoms with Crippen LogP contribution in [0.2, 0.25) is 0 Å². The van der Waals surface area contributed by atoms with E-state index in [1.54, 1.807) is 23.6 Å². The van der Waals surface area contributed by atoms with Gasteiger partial charge < -0.3 is 15.1 Å². The second-order valence-corrected chi connectivity index (χ2v) is 7.22. The van der Waals surface area contributed by atoms with Crippen LogP contribution in [0.3, 0.4) is 0 Å². The number of anilines is 1. The molecule has 9 heteroatoms. The first kappa shape index (κ1) is 18.4. The van der Waals surface area contributed by atoms with Crippen molar-refractivity contribution in [3.05, 3.63) is 42.8 Å². The van der Waals surface area contributed by atoms with Crippen LogP contribution in [0.15, 0.2) is 47.8 Å². The average molecular weight is 382 g/mol. The number of hydrogen-bond donors (Lipinski definition) is 2. The lowest BCUT2D eigenvalue weighted by Gasteiger charge is -2.36. The Morgan fingerprint density at radius 3 is 3.07 bits per heavy atom. The Balaban J connectivity index is 1.58. The van der Waals surface area contributed by atoms with Gasteiger partial charge in [-0.05, 0) is 31.7 Å². The summed E-state index contributed by atoms with van der Waals surface area (Å²) in [7, 11) is 0. The molecule has 2 bridgehead atoms. The lowest BCUT2D eigenvalue weighted by atomic mass is 10.2. The minimum atomic E-state index is -0.242. The van der Waals surface area contributed by atoms with Crippen LogP contribution in [0.1, 0.15) is 13.3 Å². The Hall–Kier alpha value is -2.94. The third kappa shape index (κ3) is 4.14. The Morgan fingerprint density at radius 2 is 2.25 bits per heavy atom. The zero-order valence-electron chi connectivity index (χ0n) is 16.0. The van der Waals surface area contributed by atoms with Crippen molar-refractivity contribution >= 4 is 18.2 Å². The molecule has 2 amide bonds. The highest BCUT2D eigenvalue weighted by atomic mass is 16.2. The van der Waals surface area contributed by atoms with Gasteiger partial charge in [0.15, 0.2) is 5.82 Å². The van der Waals surface area contributed by atoms with Crippen molar-refractivity contribution in [3.63, 3.8) is 0 Å². The molecular formula is C19H26N8O. The highest BCUT2D eigenvalue weighted by Crippen LogP contribution is 2.19. The SMILES string of the molecule is C[C@H]1CNCCN1C1=CC=CN2CC[C@@H](C2)N(C(=O)Nc2cnccn2)C=N1. The van der Waals surface area contributed by atoms with Crippen molar-refractivity contribution in [3.8, 4) is 0 Å². The maximum atomic E-state index is 12.9. The molecule has 0 aliphatic carbocycles. The third-order valence-corrected chi connectivity index (χ3v) is 5.27. The Labute approximate surface area is 164 Å². The molecule has 4 rings (SSSR count). The monoisotopic (exact) mass is 382 g/mol. The largest absolute Gasteiger partial charge is 0.375 e. The molecule has 2 saturated heterocycles. The van der Waals surface area contributed by atoms with E-state index >= 15 is 0 Å². The standard InChI is InChI=1S/C19H26N8O/c1-15-11-21-7-10-26(15)18-3-2-8-25-9-4-16(13-25)27(14-23-18)19(28)24-17-12-20-5-6-22-17/h2-3,5-6,8,12,14-16,21H,4,7,9-11,13H2,1H3,(H,22,24,28)/t15-,16-/m0/s1. The van der Waals surface area contributed by atoms with E-state index in [1.807, 2.05) is 6.08 Å². The summed E-state index contributed by atoms with van der Waals surface area (Å²) in [5, 5.41) is 6.22. The van der Waals surface area contributed by atoms with E-state index in [2.05, 4.69) is 49.6 Å². The van der Waals surface area contributed by atoms with E-state index in [4.69, 9.17) is 4.99 Å². The number of allylic oxidation sites excluding steroid dienone is 2. The number of fused-ring (bicyclic) bond motifs is 2. The van der Waals surface area contributed by atoms with E-state index in [9.17, 15) is 4.79 Å². The molecule has 2 N–H and O–H groups in total. The minimum Gasteiger partial charge on any atom is -0.375 e. The first-order valence-corrected chi connectivity index (χ1v) is 9.70. The highest BCUT2D eigenvalue weighted by Gasteiger charge is 2.30. The maximum absolute atomic E-state index is 12.9. The second-order valence-electron chi connectivity index (χ2n) is 7.22. The van der Waals surface area contributed by atoms with E-state index in [-0.39, 0.29) is 12.1 Å². The Kier molecular flexibility index (Phi) is 5.52. The number of amides is 2. The normalized spacial score (nSPS) is 24.9. The van der Waals surface area contributed by atoms with E-state index in [0.29, 0.717) is 11.9 Å². The van der Waals surface area contributed by atoms with Gasteiger partial charge in [-0.1, -0.05) is 0 Å². The van der Waals surface area contributed by atoms with Gasteiger partial charge in [0, 0.05) is 51.2 Å². The first-order valence-electron chi connectivity index (χ1n) is 9.70. The summed E-state index contributed by atoms with van der Waals surface area (Å²) >= 11 is 0. The number of nitrogens with zero attached hydrogens (tertiary/aromatic N) is 6. The highest BCUT2D eigenvalue weighted by molar-refractivity contribution is 5.96. The summed E-state index contributed by atoms with van der Waals surface area (Å²) < 4.78 is 0. The summed E-state index contributed by atoms with van der Waals surface area (Å²) in [6, 6.07) is 0.158. The molecule has 0 radical (unpaired) electrons.